The largest absolute Gasteiger partial charge is 0.425 e. The third kappa shape index (κ3) is 4.71. The number of aryl methyl sites for hydroxylation is 1. The predicted molar refractivity (Wildman–Crippen MR) is 110 cm³/mol. The molecule has 6 nitrogen and oxygen atoms in total. The van der Waals surface area contributed by atoms with Crippen LogP contribution in [0.5, 0.6) is 0 Å². The first-order valence-corrected chi connectivity index (χ1v) is 10.4. The van der Waals surface area contributed by atoms with Crippen LogP contribution >= 0.6 is 11.3 Å². The molecule has 0 atom stereocenters. The van der Waals surface area contributed by atoms with E-state index >= 15 is 0 Å². The fourth-order valence-corrected chi connectivity index (χ4v) is 4.26. The van der Waals surface area contributed by atoms with Gasteiger partial charge >= 0.3 is 11.9 Å². The van der Waals surface area contributed by atoms with Crippen molar-refractivity contribution in [3.05, 3.63) is 68.1 Å². The number of benzene rings is 1. The van der Waals surface area contributed by atoms with Crippen molar-refractivity contribution in [2.24, 2.45) is 0 Å². The van der Waals surface area contributed by atoms with E-state index in [-0.39, 0.29) is 12.4 Å². The topological polar surface area (TPSA) is 54.3 Å². The Morgan fingerprint density at radius 1 is 1.06 bits per heavy atom. The van der Waals surface area contributed by atoms with Gasteiger partial charge in [-0.25, -0.2) is 13.9 Å². The molecule has 0 amide bonds. The molecule has 1 fully saturated rings. The number of rotatable bonds is 4. The first-order chi connectivity index (χ1) is 14.7. The van der Waals surface area contributed by atoms with Crippen LogP contribution < -0.4 is 15.5 Å². The number of thiophene rings is 1. The van der Waals surface area contributed by atoms with Crippen LogP contribution in [0, 0.1) is 12.7 Å². The zero-order chi connectivity index (χ0) is 22.2. The van der Waals surface area contributed by atoms with Crippen molar-refractivity contribution >= 4 is 22.8 Å². The van der Waals surface area contributed by atoms with Gasteiger partial charge in [0.15, 0.2) is 5.82 Å². The van der Waals surface area contributed by atoms with Crippen LogP contribution in [0.25, 0.3) is 0 Å². The number of aromatic nitrogens is 3. The molecule has 11 heteroatoms. The lowest BCUT2D eigenvalue weighted by Gasteiger charge is -2.36. The SMILES string of the molecule is Cc1cc(N2CCN(c3cnn(Cc4ccc(C(F)(F)F)s4)c(=O)n3)CC2)ccc1F. The summed E-state index contributed by atoms with van der Waals surface area (Å²) in [4.78, 5) is 20.1. The number of anilines is 2. The van der Waals surface area contributed by atoms with Gasteiger partial charge in [0.2, 0.25) is 0 Å². The van der Waals surface area contributed by atoms with Crippen molar-refractivity contribution in [3.63, 3.8) is 0 Å². The van der Waals surface area contributed by atoms with Crippen molar-refractivity contribution in [3.8, 4) is 0 Å². The Bertz CT molecular complexity index is 1140. The van der Waals surface area contributed by atoms with E-state index in [0.29, 0.717) is 53.8 Å². The Morgan fingerprint density at radius 3 is 2.39 bits per heavy atom. The maximum absolute atomic E-state index is 13.5. The number of halogens is 4. The minimum Gasteiger partial charge on any atom is -0.368 e. The van der Waals surface area contributed by atoms with Crippen molar-refractivity contribution in [1.82, 2.24) is 14.8 Å². The van der Waals surface area contributed by atoms with Crippen molar-refractivity contribution in [1.29, 1.82) is 0 Å². The Hall–Kier alpha value is -2.95. The molecule has 4 rings (SSSR count). The van der Waals surface area contributed by atoms with Crippen LogP contribution in [-0.4, -0.2) is 40.9 Å². The van der Waals surface area contributed by atoms with Gasteiger partial charge < -0.3 is 9.80 Å². The number of hydrogen-bond acceptors (Lipinski definition) is 6. The zero-order valence-corrected chi connectivity index (χ0v) is 17.4. The molecule has 3 heterocycles. The highest BCUT2D eigenvalue weighted by atomic mass is 32.1. The Morgan fingerprint density at radius 2 is 1.77 bits per heavy atom. The maximum Gasteiger partial charge on any atom is 0.425 e. The summed E-state index contributed by atoms with van der Waals surface area (Å²) in [6.07, 6.45) is -2.95. The maximum atomic E-state index is 13.5. The molecule has 0 aliphatic carbocycles. The molecule has 0 N–H and O–H groups in total. The number of nitrogens with zero attached hydrogens (tertiary/aromatic N) is 5. The normalized spacial score (nSPS) is 14.9. The highest BCUT2D eigenvalue weighted by molar-refractivity contribution is 7.12. The lowest BCUT2D eigenvalue weighted by Crippen LogP contribution is -2.47. The summed E-state index contributed by atoms with van der Waals surface area (Å²) in [6.45, 7) is 4.21. The highest BCUT2D eigenvalue weighted by Gasteiger charge is 2.32. The molecule has 0 saturated carbocycles. The summed E-state index contributed by atoms with van der Waals surface area (Å²) in [5.74, 6) is 0.189. The molecule has 0 unspecified atom stereocenters. The van der Waals surface area contributed by atoms with Crippen LogP contribution in [0.1, 0.15) is 15.3 Å². The van der Waals surface area contributed by atoms with E-state index in [9.17, 15) is 22.4 Å². The van der Waals surface area contributed by atoms with Gasteiger partial charge in [-0.3, -0.25) is 0 Å². The van der Waals surface area contributed by atoms with Gasteiger partial charge in [-0.2, -0.15) is 23.3 Å². The Labute approximate surface area is 179 Å². The first-order valence-electron chi connectivity index (χ1n) is 9.57. The van der Waals surface area contributed by atoms with E-state index in [2.05, 4.69) is 15.0 Å². The molecule has 164 valence electrons. The van der Waals surface area contributed by atoms with Crippen molar-refractivity contribution in [2.75, 3.05) is 36.0 Å². The lowest BCUT2D eigenvalue weighted by molar-refractivity contribution is -0.134. The second-order valence-corrected chi connectivity index (χ2v) is 8.39. The molecule has 0 radical (unpaired) electrons. The molecule has 3 aromatic rings. The summed E-state index contributed by atoms with van der Waals surface area (Å²) >= 11 is 0.584. The summed E-state index contributed by atoms with van der Waals surface area (Å²) < 4.78 is 52.8. The molecule has 2 aromatic heterocycles. The number of hydrogen-bond donors (Lipinski definition) is 0. The second kappa shape index (κ2) is 8.29. The van der Waals surface area contributed by atoms with Gasteiger partial charge in [0.1, 0.15) is 10.7 Å². The summed E-state index contributed by atoms with van der Waals surface area (Å²) in [7, 11) is 0. The van der Waals surface area contributed by atoms with E-state index in [1.165, 1.54) is 18.3 Å². The predicted octanol–water partition coefficient (Wildman–Crippen LogP) is 3.54. The zero-order valence-electron chi connectivity index (χ0n) is 16.6. The first kappa shape index (κ1) is 21.3. The number of alkyl halides is 3. The fraction of sp³-hybridized carbons (Fsp3) is 0.350. The van der Waals surface area contributed by atoms with E-state index < -0.39 is 16.7 Å². The van der Waals surface area contributed by atoms with Gasteiger partial charge in [0.05, 0.1) is 12.7 Å². The van der Waals surface area contributed by atoms with Crippen molar-refractivity contribution in [2.45, 2.75) is 19.6 Å². The van der Waals surface area contributed by atoms with Crippen LogP contribution in [0.2, 0.25) is 0 Å². The lowest BCUT2D eigenvalue weighted by atomic mass is 10.2. The molecule has 1 saturated heterocycles. The number of piperazine rings is 1. The minimum absolute atomic E-state index is 0.0649. The minimum atomic E-state index is -4.40. The smallest absolute Gasteiger partial charge is 0.368 e. The standard InChI is InChI=1S/C20H19F4N5OS/c1-13-10-14(2-4-16(13)21)27-6-8-28(9-7-27)18-11-25-29(19(30)26-18)12-15-3-5-17(31-15)20(22,23)24/h2-5,10-11H,6-9,12H2,1H3. The third-order valence-electron chi connectivity index (χ3n) is 5.10. The van der Waals surface area contributed by atoms with Crippen LogP contribution in [0.4, 0.5) is 29.1 Å². The molecule has 0 spiro atoms. The summed E-state index contributed by atoms with van der Waals surface area (Å²) in [5, 5.41) is 4.09. The van der Waals surface area contributed by atoms with Gasteiger partial charge in [0, 0.05) is 36.7 Å². The Balaban J connectivity index is 1.41. The van der Waals surface area contributed by atoms with E-state index in [0.717, 1.165) is 16.4 Å². The average molecular weight is 453 g/mol. The summed E-state index contributed by atoms with van der Waals surface area (Å²) in [6, 6.07) is 7.34. The third-order valence-corrected chi connectivity index (χ3v) is 6.22. The van der Waals surface area contributed by atoms with Crippen LogP contribution in [0.3, 0.4) is 0 Å². The Kier molecular flexibility index (Phi) is 5.69. The van der Waals surface area contributed by atoms with E-state index in [1.54, 1.807) is 19.1 Å². The quantitative estimate of drug-likeness (QED) is 0.566. The average Bonchev–Trinajstić information content (AvgIpc) is 3.21. The monoisotopic (exact) mass is 453 g/mol. The van der Waals surface area contributed by atoms with E-state index in [4.69, 9.17) is 0 Å². The molecule has 31 heavy (non-hydrogen) atoms. The molecule has 1 aromatic carbocycles. The molecule has 1 aliphatic heterocycles. The molecular weight excluding hydrogens is 434 g/mol. The van der Waals surface area contributed by atoms with Gasteiger partial charge in [-0.1, -0.05) is 0 Å². The van der Waals surface area contributed by atoms with Gasteiger partial charge in [0.25, 0.3) is 0 Å². The van der Waals surface area contributed by atoms with E-state index in [1.807, 2.05) is 4.90 Å². The second-order valence-electron chi connectivity index (χ2n) is 7.23. The molecule has 0 bridgehead atoms. The summed E-state index contributed by atoms with van der Waals surface area (Å²) in [5.41, 5.74) is 0.910. The van der Waals surface area contributed by atoms with Gasteiger partial charge in [-0.15, -0.1) is 11.3 Å². The van der Waals surface area contributed by atoms with Crippen LogP contribution in [0.15, 0.2) is 41.3 Å². The fourth-order valence-electron chi connectivity index (χ4n) is 3.40. The molecular formula is C20H19F4N5OS. The highest BCUT2D eigenvalue weighted by Crippen LogP contribution is 2.34. The van der Waals surface area contributed by atoms with Gasteiger partial charge in [-0.05, 0) is 42.8 Å². The van der Waals surface area contributed by atoms with Crippen molar-refractivity contribution < 1.29 is 17.6 Å². The molecule has 1 aliphatic rings. The van der Waals surface area contributed by atoms with Crippen LogP contribution in [-0.2, 0) is 12.7 Å².